The number of carbonyl (C=O) groups excluding carboxylic acids is 2. The Kier molecular flexibility index (Phi) is 6.50. The van der Waals surface area contributed by atoms with Gasteiger partial charge in [0.05, 0.1) is 13.2 Å². The van der Waals surface area contributed by atoms with E-state index < -0.39 is 11.9 Å². The van der Waals surface area contributed by atoms with Gasteiger partial charge in [-0.1, -0.05) is 43.3 Å². The average Bonchev–Trinajstić information content (AvgIpc) is 2.45. The summed E-state index contributed by atoms with van der Waals surface area (Å²) in [5.74, 6) is -1.37. The summed E-state index contributed by atoms with van der Waals surface area (Å²) in [5, 5.41) is 0. The predicted octanol–water partition coefficient (Wildman–Crippen LogP) is 2.84. The molecule has 0 aromatic heterocycles. The molecule has 0 aliphatic rings. The van der Waals surface area contributed by atoms with Crippen molar-refractivity contribution in [3.8, 4) is 0 Å². The first-order chi connectivity index (χ1) is 9.60. The average molecular weight is 276 g/mol. The number of carbonyl (C=O) groups is 2. The number of rotatable bonds is 6. The monoisotopic (exact) mass is 276 g/mol. The SMILES string of the molecule is CCOC(=O)C(=CC(C)c1ccccc1)C(=O)OCC. The molecule has 4 heteroatoms. The molecule has 0 saturated carbocycles. The van der Waals surface area contributed by atoms with Gasteiger partial charge in [-0.2, -0.15) is 0 Å². The molecule has 0 heterocycles. The number of allylic oxidation sites excluding steroid dienone is 1. The van der Waals surface area contributed by atoms with E-state index in [0.717, 1.165) is 5.56 Å². The van der Waals surface area contributed by atoms with Gasteiger partial charge in [0.1, 0.15) is 5.57 Å². The standard InChI is InChI=1S/C16H20O4/c1-4-19-15(17)14(16(18)20-5-2)11-12(3)13-9-7-6-8-10-13/h6-12H,4-5H2,1-3H3. The van der Waals surface area contributed by atoms with Crippen LogP contribution in [0.5, 0.6) is 0 Å². The minimum atomic E-state index is -0.645. The number of hydrogen-bond acceptors (Lipinski definition) is 4. The topological polar surface area (TPSA) is 52.6 Å². The first-order valence-electron chi connectivity index (χ1n) is 6.71. The van der Waals surface area contributed by atoms with Crippen molar-refractivity contribution in [2.75, 3.05) is 13.2 Å². The van der Waals surface area contributed by atoms with Crippen LogP contribution in [0.25, 0.3) is 0 Å². The van der Waals surface area contributed by atoms with Gasteiger partial charge in [-0.05, 0) is 19.4 Å². The molecule has 0 aliphatic carbocycles. The van der Waals surface area contributed by atoms with E-state index in [4.69, 9.17) is 9.47 Å². The Bertz CT molecular complexity index is 457. The highest BCUT2D eigenvalue weighted by atomic mass is 16.6. The van der Waals surface area contributed by atoms with Crippen molar-refractivity contribution >= 4 is 11.9 Å². The van der Waals surface area contributed by atoms with Crippen molar-refractivity contribution < 1.29 is 19.1 Å². The zero-order chi connectivity index (χ0) is 15.0. The van der Waals surface area contributed by atoms with Gasteiger partial charge in [0, 0.05) is 5.92 Å². The third-order valence-corrected chi connectivity index (χ3v) is 2.73. The van der Waals surface area contributed by atoms with E-state index in [-0.39, 0.29) is 24.7 Å². The van der Waals surface area contributed by atoms with Gasteiger partial charge in [0.25, 0.3) is 0 Å². The molecule has 0 N–H and O–H groups in total. The second kappa shape index (κ2) is 8.15. The van der Waals surface area contributed by atoms with E-state index in [1.807, 2.05) is 37.3 Å². The summed E-state index contributed by atoms with van der Waals surface area (Å²) in [7, 11) is 0. The summed E-state index contributed by atoms with van der Waals surface area (Å²) < 4.78 is 9.80. The summed E-state index contributed by atoms with van der Waals surface area (Å²) in [4.78, 5) is 23.7. The molecule has 1 aromatic carbocycles. The third kappa shape index (κ3) is 4.53. The van der Waals surface area contributed by atoms with Crippen molar-refractivity contribution in [1.82, 2.24) is 0 Å². The predicted molar refractivity (Wildman–Crippen MR) is 76.2 cm³/mol. The minimum absolute atomic E-state index is 0.0509. The molecule has 1 atom stereocenters. The lowest BCUT2D eigenvalue weighted by Gasteiger charge is -2.10. The Morgan fingerprint density at radius 1 is 1.05 bits per heavy atom. The van der Waals surface area contributed by atoms with Crippen LogP contribution < -0.4 is 0 Å². The van der Waals surface area contributed by atoms with Crippen LogP contribution in [0, 0.1) is 0 Å². The van der Waals surface area contributed by atoms with Crippen LogP contribution in [0.2, 0.25) is 0 Å². The van der Waals surface area contributed by atoms with Crippen LogP contribution in [0.15, 0.2) is 42.0 Å². The zero-order valence-corrected chi connectivity index (χ0v) is 12.1. The molecule has 108 valence electrons. The zero-order valence-electron chi connectivity index (χ0n) is 12.1. The lowest BCUT2D eigenvalue weighted by Crippen LogP contribution is -2.19. The van der Waals surface area contributed by atoms with Gasteiger partial charge >= 0.3 is 11.9 Å². The molecule has 4 nitrogen and oxygen atoms in total. The summed E-state index contributed by atoms with van der Waals surface area (Å²) in [6.45, 7) is 5.74. The van der Waals surface area contributed by atoms with Crippen LogP contribution in [0.4, 0.5) is 0 Å². The van der Waals surface area contributed by atoms with Gasteiger partial charge in [-0.15, -0.1) is 0 Å². The first-order valence-corrected chi connectivity index (χ1v) is 6.71. The molecule has 0 saturated heterocycles. The van der Waals surface area contributed by atoms with Gasteiger partial charge < -0.3 is 9.47 Å². The number of ether oxygens (including phenoxy) is 2. The molecule has 0 aliphatic heterocycles. The molecule has 1 unspecified atom stereocenters. The largest absolute Gasteiger partial charge is 0.462 e. The molecule has 1 aromatic rings. The molecule has 0 radical (unpaired) electrons. The van der Waals surface area contributed by atoms with Crippen molar-refractivity contribution in [3.63, 3.8) is 0 Å². The fourth-order valence-corrected chi connectivity index (χ4v) is 1.74. The van der Waals surface area contributed by atoms with E-state index in [1.54, 1.807) is 19.9 Å². The van der Waals surface area contributed by atoms with Gasteiger partial charge in [0.2, 0.25) is 0 Å². The molecule has 20 heavy (non-hydrogen) atoms. The molecular formula is C16H20O4. The lowest BCUT2D eigenvalue weighted by atomic mass is 9.98. The van der Waals surface area contributed by atoms with Crippen LogP contribution in [0.3, 0.4) is 0 Å². The van der Waals surface area contributed by atoms with Crippen molar-refractivity contribution in [2.45, 2.75) is 26.7 Å². The van der Waals surface area contributed by atoms with Crippen molar-refractivity contribution in [2.24, 2.45) is 0 Å². The third-order valence-electron chi connectivity index (χ3n) is 2.73. The smallest absolute Gasteiger partial charge is 0.345 e. The normalized spacial score (nSPS) is 11.3. The highest BCUT2D eigenvalue weighted by Crippen LogP contribution is 2.19. The fraction of sp³-hybridized carbons (Fsp3) is 0.375. The van der Waals surface area contributed by atoms with Crippen LogP contribution in [0.1, 0.15) is 32.3 Å². The van der Waals surface area contributed by atoms with Crippen molar-refractivity contribution in [3.05, 3.63) is 47.5 Å². The second-order valence-corrected chi connectivity index (χ2v) is 4.22. The molecule has 0 bridgehead atoms. The van der Waals surface area contributed by atoms with Gasteiger partial charge in [-0.25, -0.2) is 9.59 Å². The van der Waals surface area contributed by atoms with Crippen molar-refractivity contribution in [1.29, 1.82) is 0 Å². The van der Waals surface area contributed by atoms with E-state index in [0.29, 0.717) is 0 Å². The van der Waals surface area contributed by atoms with E-state index in [9.17, 15) is 9.59 Å². The molecule has 0 fully saturated rings. The molecule has 1 rings (SSSR count). The fourth-order valence-electron chi connectivity index (χ4n) is 1.74. The van der Waals surface area contributed by atoms with E-state index >= 15 is 0 Å². The van der Waals surface area contributed by atoms with Crippen LogP contribution >= 0.6 is 0 Å². The number of hydrogen-bond donors (Lipinski definition) is 0. The van der Waals surface area contributed by atoms with E-state index in [2.05, 4.69) is 0 Å². The molecule has 0 spiro atoms. The Morgan fingerprint density at radius 3 is 2.00 bits per heavy atom. The molecule has 0 amide bonds. The highest BCUT2D eigenvalue weighted by molar-refractivity contribution is 6.14. The maximum Gasteiger partial charge on any atom is 0.345 e. The summed E-state index contributed by atoms with van der Waals surface area (Å²) in [5.41, 5.74) is 0.962. The Balaban J connectivity index is 3.00. The number of benzene rings is 1. The highest BCUT2D eigenvalue weighted by Gasteiger charge is 2.22. The maximum absolute atomic E-state index is 11.8. The Labute approximate surface area is 119 Å². The Hall–Kier alpha value is -2.10. The summed E-state index contributed by atoms with van der Waals surface area (Å²) >= 11 is 0. The van der Waals surface area contributed by atoms with Gasteiger partial charge in [-0.3, -0.25) is 0 Å². The lowest BCUT2D eigenvalue weighted by molar-refractivity contribution is -0.146. The first kappa shape index (κ1) is 16.0. The molecular weight excluding hydrogens is 256 g/mol. The Morgan fingerprint density at radius 2 is 1.55 bits per heavy atom. The second-order valence-electron chi connectivity index (χ2n) is 4.22. The summed E-state index contributed by atoms with van der Waals surface area (Å²) in [6.07, 6.45) is 1.59. The maximum atomic E-state index is 11.8. The minimum Gasteiger partial charge on any atom is -0.462 e. The van der Waals surface area contributed by atoms with Gasteiger partial charge in [0.15, 0.2) is 0 Å². The summed E-state index contributed by atoms with van der Waals surface area (Å²) in [6, 6.07) is 9.61. The van der Waals surface area contributed by atoms with E-state index in [1.165, 1.54) is 0 Å². The quantitative estimate of drug-likeness (QED) is 0.347. The van der Waals surface area contributed by atoms with Crippen LogP contribution in [-0.2, 0) is 19.1 Å². The van der Waals surface area contributed by atoms with Crippen LogP contribution in [-0.4, -0.2) is 25.2 Å². The number of esters is 2.